The van der Waals surface area contributed by atoms with Crippen LogP contribution in [0.15, 0.2) is 42.5 Å². The number of carbonyl (C=O) groups is 2. The molecule has 2 saturated heterocycles. The SMILES string of the molecule is COC(=O)NC(C(=O)N1CC2(CC1c1nc3c([nH]1)CCC(c1ccc(-c4ccc(N)c(N)c4)cc1)=C3)OCCO2)C(C)C. The third kappa shape index (κ3) is 5.57. The first kappa shape index (κ1) is 28.8. The lowest BCUT2D eigenvalue weighted by atomic mass is 9.93. The molecule has 3 aliphatic rings. The molecule has 11 nitrogen and oxygen atoms in total. The molecule has 2 fully saturated rings. The maximum Gasteiger partial charge on any atom is 0.407 e. The number of alkyl carbamates (subject to hydrolysis) is 1. The number of hydrogen-bond donors (Lipinski definition) is 4. The third-order valence-electron chi connectivity index (χ3n) is 8.56. The Morgan fingerprint density at radius 2 is 1.74 bits per heavy atom. The van der Waals surface area contributed by atoms with Crippen LogP contribution in [0.1, 0.15) is 55.5 Å². The van der Waals surface area contributed by atoms with Crippen molar-refractivity contribution in [2.45, 2.75) is 51.0 Å². The van der Waals surface area contributed by atoms with Crippen molar-refractivity contribution in [3.8, 4) is 11.1 Å². The Hall–Kier alpha value is -4.35. The second-order valence-corrected chi connectivity index (χ2v) is 11.7. The number of aromatic amines is 1. The monoisotopic (exact) mass is 586 g/mol. The molecule has 2 aromatic carbocycles. The molecule has 6 N–H and O–H groups in total. The highest BCUT2D eigenvalue weighted by Crippen LogP contribution is 2.43. The summed E-state index contributed by atoms with van der Waals surface area (Å²) in [5.41, 5.74) is 19.3. The number of nitrogens with one attached hydrogen (secondary N) is 2. The van der Waals surface area contributed by atoms with E-state index in [-0.39, 0.29) is 18.4 Å². The minimum absolute atomic E-state index is 0.159. The molecule has 11 heteroatoms. The van der Waals surface area contributed by atoms with Crippen LogP contribution in [0.5, 0.6) is 0 Å². The van der Waals surface area contributed by atoms with E-state index in [0.29, 0.717) is 36.8 Å². The van der Waals surface area contributed by atoms with Gasteiger partial charge in [-0.25, -0.2) is 9.78 Å². The van der Waals surface area contributed by atoms with E-state index in [2.05, 4.69) is 40.6 Å². The summed E-state index contributed by atoms with van der Waals surface area (Å²) in [5, 5.41) is 2.70. The molecule has 226 valence electrons. The van der Waals surface area contributed by atoms with Gasteiger partial charge in [0.2, 0.25) is 5.91 Å². The number of nitrogen functional groups attached to an aromatic ring is 2. The molecule has 0 radical (unpaired) electrons. The van der Waals surface area contributed by atoms with Gasteiger partial charge in [0, 0.05) is 12.1 Å². The Kier molecular flexibility index (Phi) is 7.61. The summed E-state index contributed by atoms with van der Waals surface area (Å²) in [5.74, 6) is -0.593. The number of benzene rings is 2. The molecule has 43 heavy (non-hydrogen) atoms. The Labute approximate surface area is 250 Å². The quantitative estimate of drug-likeness (QED) is 0.314. The summed E-state index contributed by atoms with van der Waals surface area (Å²) in [4.78, 5) is 36.2. The number of aryl methyl sites for hydroxylation is 1. The first-order valence-corrected chi connectivity index (χ1v) is 14.6. The van der Waals surface area contributed by atoms with Crippen LogP contribution in [-0.4, -0.2) is 65.6 Å². The number of anilines is 2. The van der Waals surface area contributed by atoms with E-state index >= 15 is 0 Å². The number of nitrogens with two attached hydrogens (primary N) is 2. The van der Waals surface area contributed by atoms with E-state index in [0.717, 1.165) is 40.9 Å². The molecule has 1 aromatic heterocycles. The molecule has 3 heterocycles. The number of fused-ring (bicyclic) bond motifs is 1. The number of ether oxygens (including phenoxy) is 3. The molecule has 0 saturated carbocycles. The fourth-order valence-electron chi connectivity index (χ4n) is 6.17. The lowest BCUT2D eigenvalue weighted by Gasteiger charge is -2.30. The van der Waals surface area contributed by atoms with Gasteiger partial charge in [-0.3, -0.25) is 4.79 Å². The second-order valence-electron chi connectivity index (χ2n) is 11.7. The van der Waals surface area contributed by atoms with Gasteiger partial charge in [-0.1, -0.05) is 44.2 Å². The number of likely N-dealkylation sites (tertiary alicyclic amines) is 1. The van der Waals surface area contributed by atoms with Crippen molar-refractivity contribution < 1.29 is 23.8 Å². The van der Waals surface area contributed by atoms with E-state index in [9.17, 15) is 9.59 Å². The van der Waals surface area contributed by atoms with Crippen LogP contribution in [0, 0.1) is 5.92 Å². The predicted octanol–water partition coefficient (Wildman–Crippen LogP) is 4.13. The van der Waals surface area contributed by atoms with E-state index in [1.807, 2.05) is 32.0 Å². The van der Waals surface area contributed by atoms with E-state index in [4.69, 9.17) is 30.7 Å². The van der Waals surface area contributed by atoms with Crippen LogP contribution in [0.2, 0.25) is 0 Å². The van der Waals surface area contributed by atoms with Crippen molar-refractivity contribution >= 4 is 35.0 Å². The third-order valence-corrected chi connectivity index (χ3v) is 8.56. The zero-order chi connectivity index (χ0) is 30.3. The van der Waals surface area contributed by atoms with Gasteiger partial charge in [0.05, 0.1) is 50.0 Å². The zero-order valence-electron chi connectivity index (χ0n) is 24.7. The fourth-order valence-corrected chi connectivity index (χ4v) is 6.17. The molecule has 1 aliphatic carbocycles. The lowest BCUT2D eigenvalue weighted by Crippen LogP contribution is -2.52. The molecular weight excluding hydrogens is 548 g/mol. The van der Waals surface area contributed by atoms with Gasteiger partial charge in [0.1, 0.15) is 11.9 Å². The number of imidazole rings is 1. The number of aromatic nitrogens is 2. The molecule has 0 bridgehead atoms. The van der Waals surface area contributed by atoms with Crippen molar-refractivity contribution in [3.05, 3.63) is 65.2 Å². The van der Waals surface area contributed by atoms with Crippen LogP contribution >= 0.6 is 0 Å². The van der Waals surface area contributed by atoms with Gasteiger partial charge in [0.15, 0.2) is 5.79 Å². The second kappa shape index (κ2) is 11.4. The first-order chi connectivity index (χ1) is 20.7. The number of nitrogens with zero attached hydrogens (tertiary/aromatic N) is 2. The van der Waals surface area contributed by atoms with Crippen LogP contribution in [0.3, 0.4) is 0 Å². The predicted molar refractivity (Wildman–Crippen MR) is 163 cm³/mol. The van der Waals surface area contributed by atoms with E-state index in [1.165, 1.54) is 12.7 Å². The molecule has 2 aliphatic heterocycles. The van der Waals surface area contributed by atoms with Crippen molar-refractivity contribution in [2.24, 2.45) is 5.92 Å². The van der Waals surface area contributed by atoms with Crippen molar-refractivity contribution in [1.29, 1.82) is 0 Å². The number of H-pyrrole nitrogens is 1. The molecule has 6 rings (SSSR count). The summed E-state index contributed by atoms with van der Waals surface area (Å²) < 4.78 is 16.8. The van der Waals surface area contributed by atoms with Crippen LogP contribution in [0.4, 0.5) is 16.2 Å². The van der Waals surface area contributed by atoms with Gasteiger partial charge in [-0.2, -0.15) is 0 Å². The van der Waals surface area contributed by atoms with Crippen molar-refractivity contribution in [3.63, 3.8) is 0 Å². The Bertz CT molecular complexity index is 1560. The topological polar surface area (TPSA) is 158 Å². The molecule has 2 unspecified atom stereocenters. The minimum atomic E-state index is -0.891. The number of amides is 2. The van der Waals surface area contributed by atoms with Crippen molar-refractivity contribution in [2.75, 3.05) is 38.3 Å². The van der Waals surface area contributed by atoms with Gasteiger partial charge in [-0.15, -0.1) is 0 Å². The molecule has 1 spiro atoms. The minimum Gasteiger partial charge on any atom is -0.453 e. The lowest BCUT2D eigenvalue weighted by molar-refractivity contribution is -0.153. The van der Waals surface area contributed by atoms with Crippen molar-refractivity contribution in [1.82, 2.24) is 20.2 Å². The summed E-state index contributed by atoms with van der Waals surface area (Å²) in [6.45, 7) is 4.96. The van der Waals surface area contributed by atoms with E-state index in [1.54, 1.807) is 4.90 Å². The normalized spacial score (nSPS) is 19.8. The zero-order valence-corrected chi connectivity index (χ0v) is 24.7. The molecular formula is C32H38N6O5. The molecule has 3 aromatic rings. The summed E-state index contributed by atoms with van der Waals surface area (Å²) in [6.07, 6.45) is 3.56. The maximum absolute atomic E-state index is 13.9. The summed E-state index contributed by atoms with van der Waals surface area (Å²) >= 11 is 0. The highest BCUT2D eigenvalue weighted by molar-refractivity contribution is 5.87. The number of carbonyl (C=O) groups excluding carboxylic acids is 2. The van der Waals surface area contributed by atoms with Gasteiger partial charge >= 0.3 is 6.09 Å². The maximum atomic E-state index is 13.9. The number of allylic oxidation sites excluding steroid dienone is 1. The van der Waals surface area contributed by atoms with E-state index < -0.39 is 24.0 Å². The highest BCUT2D eigenvalue weighted by Gasteiger charge is 2.53. The standard InChI is InChI=1S/C32H38N6O5/c1-18(2)28(37-31(40)41-3)30(39)38-17-32(42-12-13-43-32)16-27(38)29-35-25-11-9-22(15-26(25)36-29)20-6-4-19(5-7-20)21-8-10-23(33)24(34)14-21/h4-8,10,14-15,18,27-28H,9,11-13,16-17,33-34H2,1-3H3,(H,35,36)(H,37,40). The Balaban J connectivity index is 1.26. The van der Waals surface area contributed by atoms with Gasteiger partial charge in [0.25, 0.3) is 0 Å². The van der Waals surface area contributed by atoms with Crippen LogP contribution in [0.25, 0.3) is 22.8 Å². The summed E-state index contributed by atoms with van der Waals surface area (Å²) in [7, 11) is 1.28. The molecule has 2 amide bonds. The average Bonchev–Trinajstić information content (AvgIpc) is 3.75. The Morgan fingerprint density at radius 3 is 2.42 bits per heavy atom. The number of rotatable bonds is 6. The number of hydrogen-bond acceptors (Lipinski definition) is 8. The Morgan fingerprint density at radius 1 is 1.05 bits per heavy atom. The van der Waals surface area contributed by atoms with Crippen LogP contribution in [-0.2, 0) is 25.4 Å². The van der Waals surface area contributed by atoms with Gasteiger partial charge < -0.3 is 40.9 Å². The van der Waals surface area contributed by atoms with Gasteiger partial charge in [-0.05, 0) is 59.2 Å². The van der Waals surface area contributed by atoms with Crippen LogP contribution < -0.4 is 16.8 Å². The average molecular weight is 587 g/mol. The largest absolute Gasteiger partial charge is 0.453 e. The fraction of sp³-hybridized carbons (Fsp3) is 0.406. The number of methoxy groups -OCH3 is 1. The first-order valence-electron chi connectivity index (χ1n) is 14.6. The highest BCUT2D eigenvalue weighted by atomic mass is 16.7. The summed E-state index contributed by atoms with van der Waals surface area (Å²) in [6, 6.07) is 12.9. The smallest absolute Gasteiger partial charge is 0.407 e. The molecule has 2 atom stereocenters.